The number of rotatable bonds is 1. The third-order valence-electron chi connectivity index (χ3n) is 2.04. The monoisotopic (exact) mass is 188 g/mol. The zero-order valence-corrected chi connectivity index (χ0v) is 7.26. The third kappa shape index (κ3) is 1.94. The van der Waals surface area contributed by atoms with Crippen molar-refractivity contribution in [1.29, 1.82) is 5.26 Å². The Kier molecular flexibility index (Phi) is 2.50. The van der Waals surface area contributed by atoms with Crippen LogP contribution in [0.2, 0.25) is 0 Å². The first-order chi connectivity index (χ1) is 5.96. The predicted molar refractivity (Wildman–Crippen MR) is 41.0 cm³/mol. The number of halogens is 2. The summed E-state index contributed by atoms with van der Waals surface area (Å²) in [6.07, 6.45) is 1.12. The van der Waals surface area contributed by atoms with E-state index in [9.17, 15) is 13.6 Å². The van der Waals surface area contributed by atoms with Gasteiger partial charge in [0.25, 0.3) is 5.91 Å². The van der Waals surface area contributed by atoms with Crippen LogP contribution < -0.4 is 0 Å². The lowest BCUT2D eigenvalue weighted by Crippen LogP contribution is -2.43. The summed E-state index contributed by atoms with van der Waals surface area (Å²) in [6, 6.07) is 1.17. The number of likely N-dealkylation sites (tertiary alicyclic amines) is 1. The number of carbonyl (C=O) groups is 1. The van der Waals surface area contributed by atoms with Crippen molar-refractivity contribution in [2.75, 3.05) is 6.54 Å². The van der Waals surface area contributed by atoms with Gasteiger partial charge in [-0.1, -0.05) is 0 Å². The van der Waals surface area contributed by atoms with Crippen molar-refractivity contribution in [1.82, 2.24) is 4.90 Å². The van der Waals surface area contributed by atoms with Gasteiger partial charge in [0.1, 0.15) is 6.04 Å². The lowest BCUT2D eigenvalue weighted by atomic mass is 10.2. The van der Waals surface area contributed by atoms with Crippen LogP contribution in [0.1, 0.15) is 19.8 Å². The van der Waals surface area contributed by atoms with Crippen molar-refractivity contribution in [2.24, 2.45) is 0 Å². The number of hydrogen-bond donors (Lipinski definition) is 0. The van der Waals surface area contributed by atoms with Gasteiger partial charge in [-0.2, -0.15) is 14.0 Å². The maximum atomic E-state index is 12.6. The molecule has 1 atom stereocenters. The van der Waals surface area contributed by atoms with Crippen LogP contribution in [-0.2, 0) is 4.79 Å². The summed E-state index contributed by atoms with van der Waals surface area (Å²) >= 11 is 0. The van der Waals surface area contributed by atoms with Gasteiger partial charge in [0.2, 0.25) is 0 Å². The van der Waals surface area contributed by atoms with Crippen LogP contribution in [0.15, 0.2) is 0 Å². The summed E-state index contributed by atoms with van der Waals surface area (Å²) in [5.41, 5.74) is 0. The van der Waals surface area contributed by atoms with Gasteiger partial charge in [-0.25, -0.2) is 0 Å². The molecule has 0 spiro atoms. The van der Waals surface area contributed by atoms with Gasteiger partial charge < -0.3 is 4.90 Å². The number of alkyl halides is 2. The summed E-state index contributed by atoms with van der Waals surface area (Å²) in [6.45, 7) is 0.822. The molecule has 0 bridgehead atoms. The molecule has 1 aliphatic rings. The Morgan fingerprint density at radius 1 is 1.69 bits per heavy atom. The molecule has 0 aromatic rings. The zero-order chi connectivity index (χ0) is 10.1. The van der Waals surface area contributed by atoms with E-state index in [4.69, 9.17) is 5.26 Å². The van der Waals surface area contributed by atoms with Gasteiger partial charge >= 0.3 is 5.92 Å². The third-order valence-corrected chi connectivity index (χ3v) is 2.04. The Hall–Kier alpha value is -1.18. The molecule has 1 saturated heterocycles. The average molecular weight is 188 g/mol. The first-order valence-corrected chi connectivity index (χ1v) is 4.05. The predicted octanol–water partition coefficient (Wildman–Crippen LogP) is 1.16. The molecule has 1 amide bonds. The van der Waals surface area contributed by atoms with Crippen molar-refractivity contribution in [3.8, 4) is 6.07 Å². The summed E-state index contributed by atoms with van der Waals surface area (Å²) in [4.78, 5) is 12.0. The molecule has 5 heteroatoms. The van der Waals surface area contributed by atoms with Crippen molar-refractivity contribution in [3.05, 3.63) is 0 Å². The Morgan fingerprint density at radius 3 is 2.77 bits per heavy atom. The molecule has 0 saturated carbocycles. The number of hydrogen-bond acceptors (Lipinski definition) is 2. The highest BCUT2D eigenvalue weighted by molar-refractivity contribution is 5.83. The summed E-state index contributed by atoms with van der Waals surface area (Å²) < 4.78 is 25.2. The molecule has 1 fully saturated rings. The highest BCUT2D eigenvalue weighted by Crippen LogP contribution is 2.23. The molecule has 1 rings (SSSR count). The molecule has 3 nitrogen and oxygen atoms in total. The molecule has 13 heavy (non-hydrogen) atoms. The number of nitriles is 1. The Labute approximate surface area is 74.9 Å². The lowest BCUT2D eigenvalue weighted by Gasteiger charge is -2.22. The van der Waals surface area contributed by atoms with Crippen LogP contribution >= 0.6 is 0 Å². The van der Waals surface area contributed by atoms with Crippen LogP contribution in [0.3, 0.4) is 0 Å². The van der Waals surface area contributed by atoms with Gasteiger partial charge in [-0.05, 0) is 12.8 Å². The largest absolute Gasteiger partial charge is 0.322 e. The SMILES string of the molecule is CC(F)(F)C(=O)N1CCCC1C#N. The summed E-state index contributed by atoms with van der Waals surface area (Å²) in [5, 5.41) is 8.56. The normalized spacial score (nSPS) is 22.9. The summed E-state index contributed by atoms with van der Waals surface area (Å²) in [5.74, 6) is -4.60. The molecule has 0 aromatic heterocycles. The molecular formula is C8H10F2N2O. The Balaban J connectivity index is 2.73. The zero-order valence-electron chi connectivity index (χ0n) is 7.26. The molecule has 1 aliphatic heterocycles. The molecule has 72 valence electrons. The van der Waals surface area contributed by atoms with Crippen molar-refractivity contribution >= 4 is 5.91 Å². The molecule has 1 unspecified atom stereocenters. The second-order valence-electron chi connectivity index (χ2n) is 3.17. The number of carbonyl (C=O) groups excluding carboxylic acids is 1. The van der Waals surface area contributed by atoms with E-state index in [1.165, 1.54) is 0 Å². The molecule has 0 aromatic carbocycles. The minimum absolute atomic E-state index is 0.264. The van der Waals surface area contributed by atoms with Gasteiger partial charge in [0.05, 0.1) is 6.07 Å². The molecule has 1 heterocycles. The van der Waals surface area contributed by atoms with Crippen LogP contribution in [0.25, 0.3) is 0 Å². The van der Waals surface area contributed by atoms with Crippen LogP contribution in [0.5, 0.6) is 0 Å². The van der Waals surface area contributed by atoms with E-state index in [1.807, 2.05) is 6.07 Å². The smallest absolute Gasteiger partial charge is 0.321 e. The average Bonchev–Trinajstić information content (AvgIpc) is 2.48. The fourth-order valence-corrected chi connectivity index (χ4v) is 1.40. The minimum Gasteiger partial charge on any atom is -0.321 e. The maximum absolute atomic E-state index is 12.6. The van der Waals surface area contributed by atoms with Gasteiger partial charge in [0.15, 0.2) is 0 Å². The minimum atomic E-state index is -3.36. The molecular weight excluding hydrogens is 178 g/mol. The summed E-state index contributed by atoms with van der Waals surface area (Å²) in [7, 11) is 0. The molecule has 0 aliphatic carbocycles. The van der Waals surface area contributed by atoms with Crippen LogP contribution in [0, 0.1) is 11.3 Å². The van der Waals surface area contributed by atoms with E-state index in [2.05, 4.69) is 0 Å². The van der Waals surface area contributed by atoms with E-state index in [-0.39, 0.29) is 6.54 Å². The number of nitrogens with zero attached hydrogens (tertiary/aromatic N) is 2. The number of amides is 1. The fourth-order valence-electron chi connectivity index (χ4n) is 1.40. The Morgan fingerprint density at radius 2 is 2.31 bits per heavy atom. The highest BCUT2D eigenvalue weighted by Gasteiger charge is 2.41. The first-order valence-electron chi connectivity index (χ1n) is 4.05. The standard InChI is InChI=1S/C8H10F2N2O/c1-8(9,10)7(13)12-4-2-3-6(12)5-11/h6H,2-4H2,1H3. The topological polar surface area (TPSA) is 44.1 Å². The second-order valence-corrected chi connectivity index (χ2v) is 3.17. The quantitative estimate of drug-likeness (QED) is 0.619. The highest BCUT2D eigenvalue weighted by atomic mass is 19.3. The van der Waals surface area contributed by atoms with E-state index >= 15 is 0 Å². The second kappa shape index (κ2) is 3.29. The van der Waals surface area contributed by atoms with Crippen LogP contribution in [-0.4, -0.2) is 29.3 Å². The van der Waals surface area contributed by atoms with Gasteiger partial charge in [-0.15, -0.1) is 0 Å². The molecule has 0 N–H and O–H groups in total. The van der Waals surface area contributed by atoms with E-state index in [0.717, 1.165) is 4.90 Å². The van der Waals surface area contributed by atoms with Gasteiger partial charge in [0, 0.05) is 13.5 Å². The van der Waals surface area contributed by atoms with Crippen molar-refractivity contribution < 1.29 is 13.6 Å². The lowest BCUT2D eigenvalue weighted by molar-refractivity contribution is -0.154. The van der Waals surface area contributed by atoms with E-state index in [0.29, 0.717) is 19.8 Å². The van der Waals surface area contributed by atoms with E-state index in [1.54, 1.807) is 0 Å². The van der Waals surface area contributed by atoms with Gasteiger partial charge in [-0.3, -0.25) is 4.79 Å². The Bertz CT molecular complexity index is 254. The van der Waals surface area contributed by atoms with Crippen molar-refractivity contribution in [3.63, 3.8) is 0 Å². The fraction of sp³-hybridized carbons (Fsp3) is 0.750. The first kappa shape index (κ1) is 9.90. The van der Waals surface area contributed by atoms with E-state index < -0.39 is 17.9 Å². The van der Waals surface area contributed by atoms with Crippen molar-refractivity contribution in [2.45, 2.75) is 31.7 Å². The van der Waals surface area contributed by atoms with Crippen LogP contribution in [0.4, 0.5) is 8.78 Å². The maximum Gasteiger partial charge on any atom is 0.322 e. The molecule has 0 radical (unpaired) electrons.